The van der Waals surface area contributed by atoms with Crippen LogP contribution in [0.4, 0.5) is 0 Å². The standard InChI is InChI=1S/C10H18O4/c11-7-3-1-5-9(13)10(14)6-2-4-8-12/h7,10,12,14H,1-6,8H2. The Morgan fingerprint density at radius 1 is 1.29 bits per heavy atom. The summed E-state index contributed by atoms with van der Waals surface area (Å²) in [5.41, 5.74) is 0. The molecule has 0 rings (SSSR count). The minimum Gasteiger partial charge on any atom is -0.396 e. The van der Waals surface area contributed by atoms with Crippen molar-refractivity contribution in [3.05, 3.63) is 0 Å². The molecule has 82 valence electrons. The van der Waals surface area contributed by atoms with Crippen molar-refractivity contribution >= 4 is 12.1 Å². The molecule has 0 aliphatic rings. The third-order valence-electron chi connectivity index (χ3n) is 2.00. The minimum absolute atomic E-state index is 0.0893. The summed E-state index contributed by atoms with van der Waals surface area (Å²) in [7, 11) is 0. The zero-order chi connectivity index (χ0) is 10.8. The maximum absolute atomic E-state index is 11.2. The summed E-state index contributed by atoms with van der Waals surface area (Å²) in [6.07, 6.45) is 2.66. The summed E-state index contributed by atoms with van der Waals surface area (Å²) in [5.74, 6) is -0.204. The van der Waals surface area contributed by atoms with Gasteiger partial charge in [0.05, 0.1) is 0 Å². The summed E-state index contributed by atoms with van der Waals surface area (Å²) >= 11 is 0. The van der Waals surface area contributed by atoms with Crippen LogP contribution in [-0.4, -0.2) is 35.0 Å². The van der Waals surface area contributed by atoms with Crippen LogP contribution in [0.25, 0.3) is 0 Å². The molecule has 14 heavy (non-hydrogen) atoms. The first kappa shape index (κ1) is 13.3. The number of aliphatic hydroxyl groups excluding tert-OH is 2. The Morgan fingerprint density at radius 2 is 2.00 bits per heavy atom. The van der Waals surface area contributed by atoms with Gasteiger partial charge in [0, 0.05) is 19.4 Å². The molecule has 0 spiro atoms. The van der Waals surface area contributed by atoms with Crippen molar-refractivity contribution in [2.24, 2.45) is 0 Å². The Balaban J connectivity index is 3.49. The number of Topliss-reactive ketones (excluding diaryl/α,β-unsaturated/α-hetero) is 1. The number of carbonyl (C=O) groups is 2. The van der Waals surface area contributed by atoms with E-state index in [4.69, 9.17) is 5.11 Å². The first-order valence-electron chi connectivity index (χ1n) is 4.97. The van der Waals surface area contributed by atoms with Crippen LogP contribution >= 0.6 is 0 Å². The Hall–Kier alpha value is -0.740. The van der Waals surface area contributed by atoms with Crippen molar-refractivity contribution in [1.82, 2.24) is 0 Å². The molecule has 0 aliphatic heterocycles. The van der Waals surface area contributed by atoms with Gasteiger partial charge in [0.2, 0.25) is 0 Å². The maximum Gasteiger partial charge on any atom is 0.161 e. The van der Waals surface area contributed by atoms with Crippen LogP contribution in [0, 0.1) is 0 Å². The molecule has 0 heterocycles. The highest BCUT2D eigenvalue weighted by Crippen LogP contribution is 2.05. The minimum atomic E-state index is -0.923. The van der Waals surface area contributed by atoms with E-state index < -0.39 is 6.10 Å². The van der Waals surface area contributed by atoms with Crippen molar-refractivity contribution in [3.8, 4) is 0 Å². The highest BCUT2D eigenvalue weighted by atomic mass is 16.3. The summed E-state index contributed by atoms with van der Waals surface area (Å²) in [6, 6.07) is 0. The van der Waals surface area contributed by atoms with E-state index >= 15 is 0 Å². The van der Waals surface area contributed by atoms with Gasteiger partial charge >= 0.3 is 0 Å². The lowest BCUT2D eigenvalue weighted by atomic mass is 10.0. The SMILES string of the molecule is O=CCCCC(=O)C(O)CCCCO. The molecule has 1 unspecified atom stereocenters. The molecule has 0 aromatic carbocycles. The van der Waals surface area contributed by atoms with Crippen LogP contribution in [0.5, 0.6) is 0 Å². The third kappa shape index (κ3) is 6.74. The summed E-state index contributed by atoms with van der Waals surface area (Å²) in [4.78, 5) is 21.1. The van der Waals surface area contributed by atoms with E-state index in [0.717, 1.165) is 6.29 Å². The largest absolute Gasteiger partial charge is 0.396 e. The predicted octanol–water partition coefficient (Wildman–Crippen LogP) is 0.448. The summed E-state index contributed by atoms with van der Waals surface area (Å²) in [6.45, 7) is 0.0893. The van der Waals surface area contributed by atoms with E-state index in [1.165, 1.54) is 0 Å². The summed E-state index contributed by atoms with van der Waals surface area (Å²) < 4.78 is 0. The molecule has 0 radical (unpaired) electrons. The Bertz CT molecular complexity index is 168. The zero-order valence-corrected chi connectivity index (χ0v) is 8.32. The van der Waals surface area contributed by atoms with Crippen LogP contribution in [0.2, 0.25) is 0 Å². The highest BCUT2D eigenvalue weighted by Gasteiger charge is 2.13. The number of hydrogen-bond acceptors (Lipinski definition) is 4. The van der Waals surface area contributed by atoms with Gasteiger partial charge in [0.1, 0.15) is 12.4 Å². The van der Waals surface area contributed by atoms with Crippen molar-refractivity contribution in [2.75, 3.05) is 6.61 Å². The molecular formula is C10H18O4. The molecular weight excluding hydrogens is 184 g/mol. The molecule has 4 heteroatoms. The van der Waals surface area contributed by atoms with Crippen molar-refractivity contribution in [3.63, 3.8) is 0 Å². The van der Waals surface area contributed by atoms with Gasteiger partial charge in [-0.3, -0.25) is 4.79 Å². The smallest absolute Gasteiger partial charge is 0.161 e. The highest BCUT2D eigenvalue weighted by molar-refractivity contribution is 5.82. The van der Waals surface area contributed by atoms with Crippen molar-refractivity contribution in [1.29, 1.82) is 0 Å². The fourth-order valence-corrected chi connectivity index (χ4v) is 1.14. The number of rotatable bonds is 9. The second-order valence-electron chi connectivity index (χ2n) is 3.26. The molecule has 0 fully saturated rings. The fraction of sp³-hybridized carbons (Fsp3) is 0.800. The third-order valence-corrected chi connectivity index (χ3v) is 2.00. The van der Waals surface area contributed by atoms with Gasteiger partial charge in [-0.25, -0.2) is 0 Å². The van der Waals surface area contributed by atoms with Crippen LogP contribution in [0.15, 0.2) is 0 Å². The van der Waals surface area contributed by atoms with Crippen LogP contribution in [-0.2, 0) is 9.59 Å². The Morgan fingerprint density at radius 3 is 2.57 bits per heavy atom. The molecule has 0 aromatic heterocycles. The van der Waals surface area contributed by atoms with Gasteiger partial charge in [-0.2, -0.15) is 0 Å². The first-order chi connectivity index (χ1) is 6.72. The quantitative estimate of drug-likeness (QED) is 0.420. The number of carbonyl (C=O) groups excluding carboxylic acids is 2. The van der Waals surface area contributed by atoms with E-state index in [9.17, 15) is 14.7 Å². The van der Waals surface area contributed by atoms with Gasteiger partial charge in [0.15, 0.2) is 5.78 Å². The number of ketones is 1. The maximum atomic E-state index is 11.2. The van der Waals surface area contributed by atoms with Crippen LogP contribution in [0.3, 0.4) is 0 Å². The Labute approximate surface area is 83.9 Å². The first-order valence-corrected chi connectivity index (χ1v) is 4.97. The molecule has 0 amide bonds. The lowest BCUT2D eigenvalue weighted by Gasteiger charge is -2.07. The normalized spacial score (nSPS) is 12.4. The monoisotopic (exact) mass is 202 g/mol. The molecule has 1 atom stereocenters. The van der Waals surface area contributed by atoms with Crippen LogP contribution in [0.1, 0.15) is 38.5 Å². The zero-order valence-electron chi connectivity index (χ0n) is 8.32. The molecule has 4 nitrogen and oxygen atoms in total. The lowest BCUT2D eigenvalue weighted by Crippen LogP contribution is -2.20. The molecule has 0 bridgehead atoms. The van der Waals surface area contributed by atoms with Gasteiger partial charge in [-0.1, -0.05) is 0 Å². The molecule has 0 saturated carbocycles. The predicted molar refractivity (Wildman–Crippen MR) is 51.9 cm³/mol. The van der Waals surface area contributed by atoms with Gasteiger partial charge in [0.25, 0.3) is 0 Å². The van der Waals surface area contributed by atoms with Gasteiger partial charge in [-0.05, 0) is 25.7 Å². The number of unbranched alkanes of at least 4 members (excludes halogenated alkanes) is 2. The Kier molecular flexibility index (Phi) is 8.37. The molecule has 0 saturated heterocycles. The number of aldehydes is 1. The average molecular weight is 202 g/mol. The molecule has 0 aliphatic carbocycles. The number of aliphatic hydroxyl groups is 2. The molecule has 2 N–H and O–H groups in total. The lowest BCUT2D eigenvalue weighted by molar-refractivity contribution is -0.127. The fourth-order valence-electron chi connectivity index (χ4n) is 1.14. The van der Waals surface area contributed by atoms with E-state index in [1.807, 2.05) is 0 Å². The molecule has 0 aromatic rings. The summed E-state index contributed by atoms with van der Waals surface area (Å²) in [5, 5.41) is 17.8. The second-order valence-corrected chi connectivity index (χ2v) is 3.26. The van der Waals surface area contributed by atoms with E-state index in [1.54, 1.807) is 0 Å². The van der Waals surface area contributed by atoms with E-state index in [-0.39, 0.29) is 18.8 Å². The van der Waals surface area contributed by atoms with Gasteiger partial charge in [-0.15, -0.1) is 0 Å². The number of hydrogen-bond donors (Lipinski definition) is 2. The van der Waals surface area contributed by atoms with Crippen molar-refractivity contribution < 1.29 is 19.8 Å². The topological polar surface area (TPSA) is 74.6 Å². The van der Waals surface area contributed by atoms with E-state index in [2.05, 4.69) is 0 Å². The average Bonchev–Trinajstić information content (AvgIpc) is 2.18. The second kappa shape index (κ2) is 8.84. The van der Waals surface area contributed by atoms with Crippen molar-refractivity contribution in [2.45, 2.75) is 44.6 Å². The van der Waals surface area contributed by atoms with Crippen LogP contribution < -0.4 is 0 Å². The van der Waals surface area contributed by atoms with E-state index in [0.29, 0.717) is 32.1 Å². The van der Waals surface area contributed by atoms with Gasteiger partial charge < -0.3 is 15.0 Å².